The molecule has 54 valence electrons. The van der Waals surface area contributed by atoms with Crippen LogP contribution in [0.4, 0.5) is 0 Å². The molecular weight excluding hydrogens is 132 g/mol. The highest BCUT2D eigenvalue weighted by molar-refractivity contribution is 5.91. The van der Waals surface area contributed by atoms with E-state index < -0.39 is 0 Å². The Hall–Kier alpha value is -1.03. The van der Waals surface area contributed by atoms with Gasteiger partial charge in [-0.05, 0) is 6.08 Å². The molecule has 0 aromatic rings. The Morgan fingerprint density at radius 1 is 1.70 bits per heavy atom. The summed E-state index contributed by atoms with van der Waals surface area (Å²) in [6, 6.07) is 0. The molecule has 1 N–H and O–H groups in total. The monoisotopic (exact) mass is 140 g/mol. The molecule has 1 unspecified atom stereocenters. The summed E-state index contributed by atoms with van der Waals surface area (Å²) < 4.78 is 0. The molecule has 0 saturated heterocycles. The summed E-state index contributed by atoms with van der Waals surface area (Å²) in [7, 11) is 0. The topological polar surface area (TPSA) is 42.9 Å². The highest BCUT2D eigenvalue weighted by Gasteiger charge is 2.21. The summed E-state index contributed by atoms with van der Waals surface area (Å²) in [5, 5.41) is 3.82. The second kappa shape index (κ2) is 2.30. The van der Waals surface area contributed by atoms with E-state index in [-0.39, 0.29) is 6.10 Å². The highest BCUT2D eigenvalue weighted by atomic mass is 16.7. The normalized spacial score (nSPS) is 29.6. The zero-order valence-corrected chi connectivity index (χ0v) is 5.41. The summed E-state index contributed by atoms with van der Waals surface area (Å²) in [6.45, 7) is 0.684. The van der Waals surface area contributed by atoms with Gasteiger partial charge in [0.2, 0.25) is 0 Å². The molecule has 1 atom stereocenters. The van der Waals surface area contributed by atoms with Crippen molar-refractivity contribution in [3.05, 3.63) is 12.3 Å². The fraction of sp³-hybridized carbons (Fsp3) is 0.500. The lowest BCUT2D eigenvalue weighted by atomic mass is 10.2. The second-order valence-corrected chi connectivity index (χ2v) is 2.18. The van der Waals surface area contributed by atoms with Crippen molar-refractivity contribution in [3.63, 3.8) is 0 Å². The summed E-state index contributed by atoms with van der Waals surface area (Å²) in [5.74, 6) is 0. The first-order valence-electron chi connectivity index (χ1n) is 3.23. The number of hydrogen-bond acceptors (Lipinski definition) is 4. The van der Waals surface area contributed by atoms with Crippen LogP contribution in [0.5, 0.6) is 0 Å². The molecule has 0 aliphatic carbocycles. The molecule has 0 aromatic heterocycles. The molecular formula is C6H8N2O2. The third-order valence-electron chi connectivity index (χ3n) is 1.49. The first-order valence-corrected chi connectivity index (χ1v) is 3.23. The minimum absolute atomic E-state index is 0.0116. The van der Waals surface area contributed by atoms with Crippen LogP contribution >= 0.6 is 0 Å². The summed E-state index contributed by atoms with van der Waals surface area (Å²) in [5.41, 5.74) is 3.59. The van der Waals surface area contributed by atoms with Crippen molar-refractivity contribution < 1.29 is 9.68 Å². The van der Waals surface area contributed by atoms with Gasteiger partial charge in [0.15, 0.2) is 0 Å². The Labute approximate surface area is 58.4 Å². The van der Waals surface area contributed by atoms with Crippen LogP contribution < -0.4 is 5.48 Å². The molecule has 0 aromatic carbocycles. The maximum atomic E-state index is 5.06. The average molecular weight is 140 g/mol. The Bertz CT molecular complexity index is 188. The van der Waals surface area contributed by atoms with E-state index in [0.717, 1.165) is 12.1 Å². The van der Waals surface area contributed by atoms with Crippen LogP contribution in [0.25, 0.3) is 0 Å². The van der Waals surface area contributed by atoms with Crippen LogP contribution in [-0.2, 0) is 9.68 Å². The van der Waals surface area contributed by atoms with Crippen LogP contribution in [0, 0.1) is 0 Å². The van der Waals surface area contributed by atoms with E-state index >= 15 is 0 Å². The molecule has 0 bridgehead atoms. The second-order valence-electron chi connectivity index (χ2n) is 2.18. The van der Waals surface area contributed by atoms with Gasteiger partial charge >= 0.3 is 0 Å². The standard InChI is InChI=1S/C6H8N2O2/c1-3-7-10-6(1)5-2-4-9-8-5/h1,3,6-7H,2,4H2. The van der Waals surface area contributed by atoms with Crippen LogP contribution in [0.15, 0.2) is 17.4 Å². The molecule has 10 heavy (non-hydrogen) atoms. The van der Waals surface area contributed by atoms with Gasteiger partial charge in [0.1, 0.15) is 12.7 Å². The predicted octanol–water partition coefficient (Wildman–Crippen LogP) is 0.180. The van der Waals surface area contributed by atoms with Gasteiger partial charge in [-0.2, -0.15) is 0 Å². The van der Waals surface area contributed by atoms with E-state index in [1.807, 2.05) is 6.08 Å². The largest absolute Gasteiger partial charge is 0.395 e. The lowest BCUT2D eigenvalue weighted by Crippen LogP contribution is -2.20. The molecule has 2 aliphatic rings. The van der Waals surface area contributed by atoms with Gasteiger partial charge in [0, 0.05) is 12.6 Å². The van der Waals surface area contributed by atoms with Crippen molar-refractivity contribution in [1.82, 2.24) is 5.48 Å². The van der Waals surface area contributed by atoms with Gasteiger partial charge < -0.3 is 4.84 Å². The molecule has 0 fully saturated rings. The van der Waals surface area contributed by atoms with E-state index in [0.29, 0.717) is 6.61 Å². The van der Waals surface area contributed by atoms with Gasteiger partial charge in [-0.3, -0.25) is 10.3 Å². The molecule has 0 saturated carbocycles. The third kappa shape index (κ3) is 0.863. The SMILES string of the molecule is C1=CC(C2=NOCC2)ON1. The minimum Gasteiger partial charge on any atom is -0.395 e. The van der Waals surface area contributed by atoms with Crippen LogP contribution in [0.1, 0.15) is 6.42 Å². The van der Waals surface area contributed by atoms with Crippen molar-refractivity contribution in [2.45, 2.75) is 12.5 Å². The van der Waals surface area contributed by atoms with Crippen molar-refractivity contribution in [2.24, 2.45) is 5.16 Å². The van der Waals surface area contributed by atoms with Crippen LogP contribution in [0.2, 0.25) is 0 Å². The number of rotatable bonds is 1. The van der Waals surface area contributed by atoms with Crippen LogP contribution in [0.3, 0.4) is 0 Å². The molecule has 2 aliphatic heterocycles. The van der Waals surface area contributed by atoms with Crippen molar-refractivity contribution in [3.8, 4) is 0 Å². The third-order valence-corrected chi connectivity index (χ3v) is 1.49. The van der Waals surface area contributed by atoms with E-state index in [2.05, 4.69) is 10.6 Å². The zero-order chi connectivity index (χ0) is 6.81. The minimum atomic E-state index is -0.0116. The average Bonchev–Trinajstić information content (AvgIpc) is 2.59. The molecule has 0 spiro atoms. The van der Waals surface area contributed by atoms with Gasteiger partial charge in [-0.15, -0.1) is 0 Å². The van der Waals surface area contributed by atoms with Gasteiger partial charge in [0.25, 0.3) is 0 Å². The molecule has 4 heteroatoms. The van der Waals surface area contributed by atoms with E-state index in [1.54, 1.807) is 6.20 Å². The van der Waals surface area contributed by atoms with Crippen molar-refractivity contribution in [1.29, 1.82) is 0 Å². The number of nitrogens with zero attached hydrogens (tertiary/aromatic N) is 1. The smallest absolute Gasteiger partial charge is 0.147 e. The van der Waals surface area contributed by atoms with Crippen LogP contribution in [-0.4, -0.2) is 18.4 Å². The highest BCUT2D eigenvalue weighted by Crippen LogP contribution is 2.10. The Morgan fingerprint density at radius 2 is 2.70 bits per heavy atom. The van der Waals surface area contributed by atoms with Gasteiger partial charge in [-0.1, -0.05) is 5.16 Å². The van der Waals surface area contributed by atoms with Gasteiger partial charge in [-0.25, -0.2) is 0 Å². The summed E-state index contributed by atoms with van der Waals surface area (Å²) >= 11 is 0. The molecule has 0 amide bonds. The number of hydroxylamine groups is 1. The first-order chi connectivity index (χ1) is 4.97. The molecule has 2 heterocycles. The fourth-order valence-corrected chi connectivity index (χ4v) is 0.976. The molecule has 0 radical (unpaired) electrons. The number of hydrogen-bond donors (Lipinski definition) is 1. The quantitative estimate of drug-likeness (QED) is 0.565. The first kappa shape index (κ1) is 5.73. The maximum absolute atomic E-state index is 5.06. The number of nitrogens with one attached hydrogen (secondary N) is 1. The summed E-state index contributed by atoms with van der Waals surface area (Å²) in [6.07, 6.45) is 4.53. The lowest BCUT2D eigenvalue weighted by Gasteiger charge is -2.02. The number of oxime groups is 1. The van der Waals surface area contributed by atoms with Gasteiger partial charge in [0.05, 0.1) is 5.71 Å². The zero-order valence-electron chi connectivity index (χ0n) is 5.41. The lowest BCUT2D eigenvalue weighted by molar-refractivity contribution is 0.0825. The predicted molar refractivity (Wildman–Crippen MR) is 35.2 cm³/mol. The maximum Gasteiger partial charge on any atom is 0.147 e. The Balaban J connectivity index is 2.04. The van der Waals surface area contributed by atoms with E-state index in [9.17, 15) is 0 Å². The van der Waals surface area contributed by atoms with Crippen molar-refractivity contribution in [2.75, 3.05) is 6.61 Å². The van der Waals surface area contributed by atoms with Crippen molar-refractivity contribution >= 4 is 5.71 Å². The van der Waals surface area contributed by atoms with E-state index in [1.165, 1.54) is 0 Å². The fourth-order valence-electron chi connectivity index (χ4n) is 0.976. The Morgan fingerprint density at radius 3 is 3.30 bits per heavy atom. The molecule has 4 nitrogen and oxygen atoms in total. The Kier molecular flexibility index (Phi) is 1.32. The molecule has 2 rings (SSSR count). The van der Waals surface area contributed by atoms with E-state index in [4.69, 9.17) is 9.68 Å². The summed E-state index contributed by atoms with van der Waals surface area (Å²) in [4.78, 5) is 9.88.